The zero-order chi connectivity index (χ0) is 16.3. The van der Waals surface area contributed by atoms with Gasteiger partial charge in [-0.05, 0) is 38.2 Å². The van der Waals surface area contributed by atoms with Crippen molar-refractivity contribution < 1.29 is 9.53 Å². The van der Waals surface area contributed by atoms with E-state index in [1.165, 1.54) is 5.57 Å². The highest BCUT2D eigenvalue weighted by molar-refractivity contribution is 5.83. The number of carbonyl (C=O) groups excluding carboxylic acids is 1. The smallest absolute Gasteiger partial charge is 0.224 e. The Kier molecular flexibility index (Phi) is 4.94. The second-order valence-electron chi connectivity index (χ2n) is 6.83. The molecule has 0 heterocycles. The predicted molar refractivity (Wildman–Crippen MR) is 89.6 cm³/mol. The molecule has 1 aliphatic rings. The normalized spacial score (nSPS) is 21.9. The van der Waals surface area contributed by atoms with Gasteiger partial charge in [-0.3, -0.25) is 4.79 Å². The molecule has 0 spiro atoms. The first-order chi connectivity index (χ1) is 10.4. The van der Waals surface area contributed by atoms with Crippen LogP contribution in [0.25, 0.3) is 0 Å². The van der Waals surface area contributed by atoms with Gasteiger partial charge in [-0.2, -0.15) is 0 Å². The van der Waals surface area contributed by atoms with Crippen molar-refractivity contribution in [3.8, 4) is 5.75 Å². The summed E-state index contributed by atoms with van der Waals surface area (Å²) in [6.45, 7) is 11.6. The summed E-state index contributed by atoms with van der Waals surface area (Å²) in [4.78, 5) is 12.5. The number of allylic oxidation sites excluding steroid dienone is 2. The van der Waals surface area contributed by atoms with Crippen LogP contribution in [0.5, 0.6) is 5.75 Å². The molecule has 1 aliphatic carbocycles. The van der Waals surface area contributed by atoms with Crippen molar-refractivity contribution in [2.45, 2.75) is 41.2 Å². The van der Waals surface area contributed by atoms with Crippen LogP contribution in [-0.4, -0.2) is 12.5 Å². The number of hydrogen-bond acceptors (Lipinski definition) is 2. The van der Waals surface area contributed by atoms with Crippen LogP contribution in [-0.2, 0) is 11.3 Å². The summed E-state index contributed by atoms with van der Waals surface area (Å²) in [6, 6.07) is 7.86. The van der Waals surface area contributed by atoms with Crippen LogP contribution >= 0.6 is 0 Å². The molecule has 1 amide bonds. The Morgan fingerprint density at radius 3 is 2.64 bits per heavy atom. The first kappa shape index (κ1) is 16.6. The zero-order valence-corrected chi connectivity index (χ0v) is 14.3. The summed E-state index contributed by atoms with van der Waals surface area (Å²) in [5.41, 5.74) is 2.35. The van der Waals surface area contributed by atoms with Crippen LogP contribution < -0.4 is 10.1 Å². The zero-order valence-electron chi connectivity index (χ0n) is 14.3. The standard InChI is InChI=1S/C19H27NO2/c1-6-22-16-10-8-7-9-14(16)12-20-18(21)17-15(11-13(2)3)19(17,4)5/h7-11,15,17H,6,12H2,1-5H3,(H,20,21). The van der Waals surface area contributed by atoms with Gasteiger partial charge in [0, 0.05) is 12.1 Å². The Morgan fingerprint density at radius 2 is 2.00 bits per heavy atom. The minimum Gasteiger partial charge on any atom is -0.494 e. The molecular weight excluding hydrogens is 274 g/mol. The lowest BCUT2D eigenvalue weighted by atomic mass is 10.1. The molecule has 2 unspecified atom stereocenters. The molecule has 1 fully saturated rings. The Labute approximate surface area is 133 Å². The maximum absolute atomic E-state index is 12.5. The third kappa shape index (κ3) is 3.52. The van der Waals surface area contributed by atoms with Gasteiger partial charge >= 0.3 is 0 Å². The Hall–Kier alpha value is -1.77. The van der Waals surface area contributed by atoms with E-state index in [0.717, 1.165) is 11.3 Å². The van der Waals surface area contributed by atoms with Crippen LogP contribution in [0.2, 0.25) is 0 Å². The lowest BCUT2D eigenvalue weighted by Crippen LogP contribution is -2.26. The molecule has 22 heavy (non-hydrogen) atoms. The minimum absolute atomic E-state index is 0.0563. The van der Waals surface area contributed by atoms with Gasteiger partial charge in [-0.15, -0.1) is 0 Å². The summed E-state index contributed by atoms with van der Waals surface area (Å²) < 4.78 is 5.60. The van der Waals surface area contributed by atoms with Gasteiger partial charge in [0.2, 0.25) is 5.91 Å². The molecule has 3 heteroatoms. The first-order valence-corrected chi connectivity index (χ1v) is 8.01. The fourth-order valence-electron chi connectivity index (χ4n) is 3.09. The number of nitrogens with one attached hydrogen (secondary N) is 1. The number of hydrogen-bond donors (Lipinski definition) is 1. The molecule has 0 saturated heterocycles. The fraction of sp³-hybridized carbons (Fsp3) is 0.526. The van der Waals surface area contributed by atoms with E-state index in [0.29, 0.717) is 19.1 Å². The predicted octanol–water partition coefficient (Wildman–Crippen LogP) is 3.94. The van der Waals surface area contributed by atoms with E-state index in [9.17, 15) is 4.79 Å². The van der Waals surface area contributed by atoms with E-state index >= 15 is 0 Å². The fourth-order valence-corrected chi connectivity index (χ4v) is 3.09. The number of benzene rings is 1. The van der Waals surface area contributed by atoms with Gasteiger partial charge in [0.05, 0.1) is 12.5 Å². The van der Waals surface area contributed by atoms with Gasteiger partial charge in [-0.25, -0.2) is 0 Å². The highest BCUT2D eigenvalue weighted by Gasteiger charge is 2.60. The van der Waals surface area contributed by atoms with E-state index in [-0.39, 0.29) is 17.2 Å². The van der Waals surface area contributed by atoms with Gasteiger partial charge in [0.1, 0.15) is 5.75 Å². The average Bonchev–Trinajstić information content (AvgIpc) is 2.98. The van der Waals surface area contributed by atoms with Crippen molar-refractivity contribution >= 4 is 5.91 Å². The van der Waals surface area contributed by atoms with Crippen LogP contribution in [0, 0.1) is 17.3 Å². The first-order valence-electron chi connectivity index (χ1n) is 8.01. The van der Waals surface area contributed by atoms with Crippen LogP contribution in [0.4, 0.5) is 0 Å². The van der Waals surface area contributed by atoms with Crippen molar-refractivity contribution in [3.63, 3.8) is 0 Å². The van der Waals surface area contributed by atoms with Crippen LogP contribution in [0.15, 0.2) is 35.9 Å². The van der Waals surface area contributed by atoms with E-state index in [1.54, 1.807) is 0 Å². The molecule has 1 saturated carbocycles. The van der Waals surface area contributed by atoms with Crippen molar-refractivity contribution in [1.82, 2.24) is 5.32 Å². The molecule has 0 radical (unpaired) electrons. The van der Waals surface area contributed by atoms with Gasteiger partial charge in [-0.1, -0.05) is 43.7 Å². The van der Waals surface area contributed by atoms with Crippen molar-refractivity contribution in [2.75, 3.05) is 6.61 Å². The minimum atomic E-state index is 0.0563. The molecule has 2 rings (SSSR count). The summed E-state index contributed by atoms with van der Waals surface area (Å²) in [6.07, 6.45) is 2.22. The van der Waals surface area contributed by atoms with Crippen molar-refractivity contribution in [2.24, 2.45) is 17.3 Å². The van der Waals surface area contributed by atoms with Gasteiger partial charge in [0.25, 0.3) is 0 Å². The van der Waals surface area contributed by atoms with E-state index in [2.05, 4.69) is 39.1 Å². The molecule has 1 aromatic carbocycles. The molecule has 0 bridgehead atoms. The maximum Gasteiger partial charge on any atom is 0.224 e. The number of para-hydroxylation sites is 1. The molecule has 1 aromatic rings. The summed E-state index contributed by atoms with van der Waals surface area (Å²) >= 11 is 0. The molecule has 0 aromatic heterocycles. The average molecular weight is 301 g/mol. The van der Waals surface area contributed by atoms with Crippen LogP contribution in [0.3, 0.4) is 0 Å². The molecule has 3 nitrogen and oxygen atoms in total. The largest absolute Gasteiger partial charge is 0.494 e. The monoisotopic (exact) mass is 301 g/mol. The van der Waals surface area contributed by atoms with E-state index < -0.39 is 0 Å². The SMILES string of the molecule is CCOc1ccccc1CNC(=O)C1C(C=C(C)C)C1(C)C. The highest BCUT2D eigenvalue weighted by atomic mass is 16.5. The molecule has 1 N–H and O–H groups in total. The van der Waals surface area contributed by atoms with E-state index in [1.807, 2.05) is 31.2 Å². The summed E-state index contributed by atoms with van der Waals surface area (Å²) in [5.74, 6) is 1.40. The summed E-state index contributed by atoms with van der Waals surface area (Å²) in [5, 5.41) is 3.07. The van der Waals surface area contributed by atoms with Crippen LogP contribution in [0.1, 0.15) is 40.2 Å². The molecule has 0 aliphatic heterocycles. The molecule has 2 atom stereocenters. The van der Waals surface area contributed by atoms with E-state index in [4.69, 9.17) is 4.74 Å². The lowest BCUT2D eigenvalue weighted by molar-refractivity contribution is -0.123. The summed E-state index contributed by atoms with van der Waals surface area (Å²) in [7, 11) is 0. The molecule has 120 valence electrons. The number of rotatable bonds is 6. The molecular formula is C19H27NO2. The third-order valence-corrected chi connectivity index (χ3v) is 4.43. The van der Waals surface area contributed by atoms with Gasteiger partial charge in [0.15, 0.2) is 0 Å². The second-order valence-corrected chi connectivity index (χ2v) is 6.83. The Balaban J connectivity index is 1.98. The van der Waals surface area contributed by atoms with Crippen molar-refractivity contribution in [1.29, 1.82) is 0 Å². The number of ether oxygens (including phenoxy) is 1. The number of amides is 1. The third-order valence-electron chi connectivity index (χ3n) is 4.43. The topological polar surface area (TPSA) is 38.3 Å². The van der Waals surface area contributed by atoms with Crippen molar-refractivity contribution in [3.05, 3.63) is 41.5 Å². The second kappa shape index (κ2) is 6.55. The highest BCUT2D eigenvalue weighted by Crippen LogP contribution is 2.59. The Morgan fingerprint density at radius 1 is 1.32 bits per heavy atom. The number of carbonyl (C=O) groups is 1. The lowest BCUT2D eigenvalue weighted by Gasteiger charge is -2.11. The van der Waals surface area contributed by atoms with Gasteiger partial charge < -0.3 is 10.1 Å². The maximum atomic E-state index is 12.5. The Bertz CT molecular complexity index is 571. The quantitative estimate of drug-likeness (QED) is 0.808.